The molecule has 0 bridgehead atoms. The average Bonchev–Trinajstić information content (AvgIpc) is 1.55. The van der Waals surface area contributed by atoms with Crippen LogP contribution in [0.25, 0.3) is 21.8 Å². The van der Waals surface area contributed by atoms with E-state index in [1.165, 1.54) is 45.2 Å². The summed E-state index contributed by atoms with van der Waals surface area (Å²) in [5, 5.41) is 18.0. The average molecular weight is 1850 g/mol. The fourth-order valence-corrected chi connectivity index (χ4v) is 21.4. The molecule has 4 aromatic carbocycles. The number of hydrogen-bond acceptors (Lipinski definition) is 26. The molecule has 0 spiro atoms. The normalized spacial score (nSPS) is 24.5. The highest BCUT2D eigenvalue weighted by atomic mass is 35.5. The van der Waals surface area contributed by atoms with E-state index < -0.39 is 107 Å². The third-order valence-corrected chi connectivity index (χ3v) is 28.7. The van der Waals surface area contributed by atoms with Gasteiger partial charge in [0.25, 0.3) is 34.7 Å². The zero-order chi connectivity index (χ0) is 92.8. The molecule has 12 heterocycles. The van der Waals surface area contributed by atoms with Gasteiger partial charge in [-0.2, -0.15) is 9.97 Å². The van der Waals surface area contributed by atoms with Crippen molar-refractivity contribution in [3.8, 4) is 11.5 Å². The number of likely N-dealkylation sites (N-methyl/N-ethyl adjacent to an activating group) is 2. The Morgan fingerprint density at radius 1 is 0.492 bits per heavy atom. The Balaban J connectivity index is 0.481. The molecule has 4 aromatic heterocycles. The van der Waals surface area contributed by atoms with Crippen LogP contribution in [0.4, 0.5) is 55.1 Å². The Morgan fingerprint density at radius 3 is 1.23 bits per heavy atom. The summed E-state index contributed by atoms with van der Waals surface area (Å²) in [6.07, 6.45) is 6.75. The number of hydrogen-bond donors (Lipinski definition) is 6. The SMILES string of the molecule is CNC(=O)C(Oc1cc2cc(Nc3nc(N4CCC(OC5CC(N6CCN(c7ccc8c(c7F)C(C)N([C@H]7CCC(=O)NC7=O)C8=O)[C@H](C)C6)C5)CC4)ncc3Cl)ccc2n(C(C)C)c1=O)C(Oc1cc2cc(Nc3nc(N4CCC(OC5CC(N6CCN(c7ccc8c(c7F)[C@H](C)N([C@@H]7CCC(=O)NC7=O)C8=O)[C@H](C)C6)C5)CC4)ncc3Cl)ccc2n(C(C)C)c1=O)C(=O)NC. The van der Waals surface area contributed by atoms with Gasteiger partial charge in [0, 0.05) is 173 Å². The van der Waals surface area contributed by atoms with Crippen LogP contribution in [0.2, 0.25) is 10.0 Å². The number of benzene rings is 4. The maximum absolute atomic E-state index is 16.6. The van der Waals surface area contributed by atoms with E-state index in [-0.39, 0.29) is 118 Å². The minimum absolute atomic E-state index is 0.0205. The van der Waals surface area contributed by atoms with Crippen LogP contribution in [-0.2, 0) is 38.2 Å². The van der Waals surface area contributed by atoms with Crippen molar-refractivity contribution in [2.75, 3.05) is 110 Å². The van der Waals surface area contributed by atoms with E-state index in [4.69, 9.17) is 52.1 Å². The molecule has 3 unspecified atom stereocenters. The number of pyridine rings is 2. The van der Waals surface area contributed by atoms with Gasteiger partial charge in [-0.3, -0.25) is 68.4 Å². The smallest absolute Gasteiger partial charge is 0.293 e. The van der Waals surface area contributed by atoms with Gasteiger partial charge in [-0.15, -0.1) is 0 Å². The van der Waals surface area contributed by atoms with E-state index in [1.54, 1.807) is 86.9 Å². The van der Waals surface area contributed by atoms with Crippen LogP contribution in [0.3, 0.4) is 0 Å². The molecule has 2 aliphatic carbocycles. The number of imide groups is 2. The van der Waals surface area contributed by atoms with Gasteiger partial charge in [0.05, 0.1) is 71.3 Å². The predicted octanol–water partition coefficient (Wildman–Crippen LogP) is 9.92. The molecule has 698 valence electrons. The lowest BCUT2D eigenvalue weighted by Gasteiger charge is -2.49. The molecule has 38 heteroatoms. The van der Waals surface area contributed by atoms with Crippen molar-refractivity contribution in [1.29, 1.82) is 0 Å². The lowest BCUT2D eigenvalue weighted by atomic mass is 9.86. The summed E-state index contributed by atoms with van der Waals surface area (Å²) in [4.78, 5) is 170. The molecule has 34 nitrogen and oxygen atoms in total. The second kappa shape index (κ2) is 37.0. The van der Waals surface area contributed by atoms with E-state index in [1.807, 2.05) is 27.7 Å². The number of nitrogens with zero attached hydrogens (tertiary/aromatic N) is 14. The molecule has 2 saturated carbocycles. The zero-order valence-corrected chi connectivity index (χ0v) is 76.9. The first-order valence-electron chi connectivity index (χ1n) is 45.9. The minimum Gasteiger partial charge on any atom is -0.470 e. The lowest BCUT2D eigenvalue weighted by molar-refractivity contribution is -0.142. The van der Waals surface area contributed by atoms with E-state index in [2.05, 4.69) is 85.1 Å². The topological polar surface area (TPSA) is 367 Å². The van der Waals surface area contributed by atoms with Gasteiger partial charge in [0.15, 0.2) is 34.8 Å². The Kier molecular flexibility index (Phi) is 25.5. The molecule has 8 amide bonds. The fraction of sp³-hybridized carbons (Fsp3) is 0.511. The quantitative estimate of drug-likeness (QED) is 0.0290. The first-order chi connectivity index (χ1) is 63.4. The van der Waals surface area contributed by atoms with Crippen LogP contribution in [0, 0.1) is 11.6 Å². The first kappa shape index (κ1) is 90.8. The fourth-order valence-electron chi connectivity index (χ4n) is 21.1. The standard InChI is InChI=1S/C94H110Cl2F2N20O14/c1-47(2)115-67-15-11-55(103-83-65(95)43-101-93(107-83)109-27-23-59(24-28-109)129-61-39-57(40-61)111-31-33-113(49(5)45-111)69-17-13-63-77(79(69)97)51(7)117(89(63)125)71-19-21-75(119)105-85(71)121)35-53(67)37-73(91(115)127)131-81(87(123)99-9)82(88(124)100-10)132-74-38-54-36-56(12-16-68(54)116(48(3)4)92(74)128)104-84-66(96)44-102-94(108-84)110-29-25-60(26-30-110)130-62-41-58(42-62)112-32-34-114(50(6)46-112)70-18-14-64-78(80(70)98)52(8)118(90(64)126)72-20-22-76(120)106-86(72)122/h11-18,35-38,43-44,47-52,57-62,71-72,81-82H,19-34,39-42,45-46H2,1-10H3,(H,99,123)(H,100,124)(H,101,103,107)(H,102,104,108)(H,105,119,121)(H,106,120,122)/t49-,50-,51+,52?,57?,58?,61?,62?,71-,72+,81?,82?/m1/s1. The van der Waals surface area contributed by atoms with E-state index in [0.717, 1.165) is 77.5 Å². The zero-order valence-electron chi connectivity index (χ0n) is 75.4. The van der Waals surface area contributed by atoms with Gasteiger partial charge in [-0.1, -0.05) is 23.2 Å². The van der Waals surface area contributed by atoms with Crippen molar-refractivity contribution >= 4 is 139 Å². The van der Waals surface area contributed by atoms with Crippen molar-refractivity contribution in [3.63, 3.8) is 0 Å². The van der Waals surface area contributed by atoms with Crippen molar-refractivity contribution < 1.29 is 66.1 Å². The second-order valence-corrected chi connectivity index (χ2v) is 37.8. The van der Waals surface area contributed by atoms with Crippen LogP contribution in [0.15, 0.2) is 94.8 Å². The minimum atomic E-state index is -1.86. The summed E-state index contributed by atoms with van der Waals surface area (Å²) < 4.78 is 62.7. The van der Waals surface area contributed by atoms with Crippen molar-refractivity contribution in [2.24, 2.45) is 0 Å². The van der Waals surface area contributed by atoms with Crippen LogP contribution >= 0.6 is 23.2 Å². The Morgan fingerprint density at radius 2 is 0.879 bits per heavy atom. The van der Waals surface area contributed by atoms with Crippen molar-refractivity contribution in [3.05, 3.63) is 150 Å². The molecule has 6 saturated heterocycles. The molecule has 18 rings (SSSR count). The summed E-state index contributed by atoms with van der Waals surface area (Å²) >= 11 is 13.7. The monoisotopic (exact) mass is 1850 g/mol. The predicted molar refractivity (Wildman–Crippen MR) is 492 cm³/mol. The third-order valence-electron chi connectivity index (χ3n) is 28.2. The number of rotatable bonds is 25. The number of carbonyl (C=O) groups excluding carboxylic acids is 8. The number of carbonyl (C=O) groups is 8. The van der Waals surface area contributed by atoms with E-state index >= 15 is 8.78 Å². The summed E-state index contributed by atoms with van der Waals surface area (Å²) in [6.45, 7) is 21.6. The van der Waals surface area contributed by atoms with Crippen LogP contribution in [0.5, 0.6) is 11.5 Å². The van der Waals surface area contributed by atoms with Gasteiger partial charge in [-0.05, 0) is 192 Å². The lowest BCUT2D eigenvalue weighted by Crippen LogP contribution is -2.59. The van der Waals surface area contributed by atoms with E-state index in [0.29, 0.717) is 119 Å². The number of nitrogens with one attached hydrogen (secondary N) is 6. The van der Waals surface area contributed by atoms with Gasteiger partial charge in [0.2, 0.25) is 47.7 Å². The molecule has 10 aliphatic rings. The third kappa shape index (κ3) is 17.3. The number of halogens is 4. The number of amides is 8. The van der Waals surface area contributed by atoms with Crippen LogP contribution < -0.4 is 72.1 Å². The number of ether oxygens (including phenoxy) is 4. The largest absolute Gasteiger partial charge is 0.470 e. The summed E-state index contributed by atoms with van der Waals surface area (Å²) in [7, 11) is 2.70. The maximum atomic E-state index is 16.6. The Labute approximate surface area is 771 Å². The molecule has 8 atom stereocenters. The molecule has 8 fully saturated rings. The van der Waals surface area contributed by atoms with Crippen molar-refractivity contribution in [1.82, 2.24) is 69.9 Å². The highest BCUT2D eigenvalue weighted by Crippen LogP contribution is 2.46. The van der Waals surface area contributed by atoms with Crippen LogP contribution in [0.1, 0.15) is 188 Å². The Hall–Kier alpha value is -11.7. The molecular formula is C94H110Cl2F2N20O14. The highest BCUT2D eigenvalue weighted by molar-refractivity contribution is 6.33. The van der Waals surface area contributed by atoms with Gasteiger partial charge in [0.1, 0.15) is 22.1 Å². The highest BCUT2D eigenvalue weighted by Gasteiger charge is 2.50. The molecule has 6 N–H and O–H groups in total. The Bertz CT molecular complexity index is 5700. The number of anilines is 8. The maximum Gasteiger partial charge on any atom is 0.293 e. The molecule has 8 aromatic rings. The van der Waals surface area contributed by atoms with Gasteiger partial charge < -0.3 is 78.7 Å². The summed E-state index contributed by atoms with van der Waals surface area (Å²) in [5.74, 6) is -4.25. The number of aromatic nitrogens is 6. The van der Waals surface area contributed by atoms with Gasteiger partial charge >= 0.3 is 0 Å². The molecule has 8 aliphatic heterocycles. The molecular weight excluding hydrogens is 1740 g/mol. The molecule has 132 heavy (non-hydrogen) atoms. The van der Waals surface area contributed by atoms with E-state index in [9.17, 15) is 47.9 Å². The molecule has 0 radical (unpaired) electrons. The summed E-state index contributed by atoms with van der Waals surface area (Å²) in [5.41, 5.74) is 2.82. The number of piperidine rings is 4. The van der Waals surface area contributed by atoms with Crippen LogP contribution in [-0.4, -0.2) is 248 Å². The number of piperazine rings is 2. The van der Waals surface area contributed by atoms with Crippen molar-refractivity contribution in [2.45, 2.75) is 229 Å². The summed E-state index contributed by atoms with van der Waals surface area (Å²) in [6, 6.07) is 17.0. The first-order valence-corrected chi connectivity index (χ1v) is 46.7. The number of fused-ring (bicyclic) bond motifs is 4. The second-order valence-electron chi connectivity index (χ2n) is 37.0. The van der Waals surface area contributed by atoms with Gasteiger partial charge in [-0.25, -0.2) is 18.7 Å².